The summed E-state index contributed by atoms with van der Waals surface area (Å²) < 4.78 is 18.0. The summed E-state index contributed by atoms with van der Waals surface area (Å²) in [5.41, 5.74) is -0.172. The largest absolute Gasteiger partial charge is 0.491 e. The van der Waals surface area contributed by atoms with Crippen molar-refractivity contribution in [3.8, 4) is 11.5 Å². The molecule has 24 heavy (non-hydrogen) atoms. The molecule has 0 aliphatic heterocycles. The second-order valence-corrected chi connectivity index (χ2v) is 6.36. The van der Waals surface area contributed by atoms with Crippen molar-refractivity contribution in [1.29, 1.82) is 0 Å². The van der Waals surface area contributed by atoms with Crippen molar-refractivity contribution in [1.82, 2.24) is 0 Å². The van der Waals surface area contributed by atoms with E-state index in [1.54, 1.807) is 0 Å². The number of benzene rings is 2. The Kier molecular flexibility index (Phi) is 6.13. The molecule has 0 spiro atoms. The quantitative estimate of drug-likeness (QED) is 0.648. The third-order valence-corrected chi connectivity index (χ3v) is 4.51. The monoisotopic (exact) mass is 326 g/mol. The van der Waals surface area contributed by atoms with Crippen LogP contribution in [-0.2, 0) is 4.74 Å². The van der Waals surface area contributed by atoms with E-state index in [9.17, 15) is 0 Å². The molecule has 128 valence electrons. The topological polar surface area (TPSA) is 27.7 Å². The summed E-state index contributed by atoms with van der Waals surface area (Å²) in [6.45, 7) is 1.77. The predicted octanol–water partition coefficient (Wildman–Crippen LogP) is 4.86. The number of hydrogen-bond acceptors (Lipinski definition) is 3. The third-order valence-electron chi connectivity index (χ3n) is 4.51. The lowest BCUT2D eigenvalue weighted by Crippen LogP contribution is -2.42. The molecule has 3 rings (SSSR count). The van der Waals surface area contributed by atoms with Crippen LogP contribution in [0.3, 0.4) is 0 Å². The lowest BCUT2D eigenvalue weighted by molar-refractivity contribution is -0.101. The molecule has 2 aromatic carbocycles. The lowest BCUT2D eigenvalue weighted by atomic mass is 9.85. The molecule has 0 heterocycles. The number of para-hydroxylation sites is 2. The van der Waals surface area contributed by atoms with Gasteiger partial charge in [-0.1, -0.05) is 55.7 Å². The first kappa shape index (κ1) is 16.8. The summed E-state index contributed by atoms with van der Waals surface area (Å²) in [7, 11) is 0. The van der Waals surface area contributed by atoms with E-state index >= 15 is 0 Å². The molecule has 3 heteroatoms. The van der Waals surface area contributed by atoms with Gasteiger partial charge in [-0.15, -0.1) is 0 Å². The van der Waals surface area contributed by atoms with Crippen molar-refractivity contribution in [3.05, 3.63) is 60.7 Å². The summed E-state index contributed by atoms with van der Waals surface area (Å²) in [4.78, 5) is 0. The summed E-state index contributed by atoms with van der Waals surface area (Å²) >= 11 is 0. The van der Waals surface area contributed by atoms with E-state index < -0.39 is 0 Å². The van der Waals surface area contributed by atoms with Gasteiger partial charge in [0.05, 0.1) is 6.61 Å². The Morgan fingerprint density at radius 2 is 1.25 bits per heavy atom. The smallest absolute Gasteiger partial charge is 0.119 e. The van der Waals surface area contributed by atoms with Crippen LogP contribution in [-0.4, -0.2) is 25.4 Å². The summed E-state index contributed by atoms with van der Waals surface area (Å²) in [6.07, 6.45) is 5.82. The maximum absolute atomic E-state index is 6.26. The van der Waals surface area contributed by atoms with Gasteiger partial charge < -0.3 is 14.2 Å². The van der Waals surface area contributed by atoms with Crippen molar-refractivity contribution in [2.45, 2.75) is 37.7 Å². The predicted molar refractivity (Wildman–Crippen MR) is 95.6 cm³/mol. The Labute approximate surface area is 144 Å². The Balaban J connectivity index is 1.49. The molecule has 0 N–H and O–H groups in total. The first-order valence-corrected chi connectivity index (χ1v) is 8.86. The van der Waals surface area contributed by atoms with Gasteiger partial charge in [-0.05, 0) is 37.1 Å². The minimum Gasteiger partial charge on any atom is -0.491 e. The highest BCUT2D eigenvalue weighted by Gasteiger charge is 2.34. The van der Waals surface area contributed by atoms with Gasteiger partial charge in [0.2, 0.25) is 0 Å². The van der Waals surface area contributed by atoms with Crippen LogP contribution in [0.4, 0.5) is 0 Å². The van der Waals surface area contributed by atoms with E-state index in [0.717, 1.165) is 24.3 Å². The highest BCUT2D eigenvalue weighted by Crippen LogP contribution is 2.32. The maximum Gasteiger partial charge on any atom is 0.119 e. The minimum absolute atomic E-state index is 0.172. The summed E-state index contributed by atoms with van der Waals surface area (Å²) in [6, 6.07) is 19.9. The summed E-state index contributed by atoms with van der Waals surface area (Å²) in [5, 5.41) is 0. The lowest BCUT2D eigenvalue weighted by Gasteiger charge is -2.37. The van der Waals surface area contributed by atoms with E-state index in [-0.39, 0.29) is 5.60 Å². The van der Waals surface area contributed by atoms with Crippen molar-refractivity contribution in [3.63, 3.8) is 0 Å². The van der Waals surface area contributed by atoms with Crippen LogP contribution in [0.1, 0.15) is 32.1 Å². The Morgan fingerprint density at radius 1 is 0.667 bits per heavy atom. The second kappa shape index (κ2) is 8.74. The molecular formula is C21H26O3. The zero-order valence-electron chi connectivity index (χ0n) is 14.2. The Morgan fingerprint density at radius 3 is 1.88 bits per heavy atom. The first-order valence-electron chi connectivity index (χ1n) is 8.86. The normalized spacial score (nSPS) is 16.5. The van der Waals surface area contributed by atoms with Gasteiger partial charge in [0.1, 0.15) is 30.3 Å². The van der Waals surface area contributed by atoms with Crippen molar-refractivity contribution < 1.29 is 14.2 Å². The molecule has 3 nitrogen and oxygen atoms in total. The van der Waals surface area contributed by atoms with Gasteiger partial charge in [0.25, 0.3) is 0 Å². The maximum atomic E-state index is 6.26. The van der Waals surface area contributed by atoms with Crippen LogP contribution in [0.5, 0.6) is 11.5 Å². The molecule has 0 unspecified atom stereocenters. The van der Waals surface area contributed by atoms with E-state index in [0.29, 0.717) is 19.8 Å². The third kappa shape index (κ3) is 5.00. The van der Waals surface area contributed by atoms with Gasteiger partial charge in [0.15, 0.2) is 0 Å². The molecule has 1 aliphatic rings. The molecule has 0 bridgehead atoms. The zero-order valence-corrected chi connectivity index (χ0v) is 14.2. The zero-order chi connectivity index (χ0) is 16.5. The van der Waals surface area contributed by atoms with Crippen molar-refractivity contribution in [2.24, 2.45) is 0 Å². The van der Waals surface area contributed by atoms with E-state index in [1.165, 1.54) is 19.3 Å². The standard InChI is InChI=1S/C21H26O3/c1-4-10-19(11-5-1)22-16-17-24-21(14-8-3-9-15-21)18-23-20-12-6-2-7-13-20/h1-2,4-7,10-13H,3,8-9,14-18H2. The molecule has 1 saturated carbocycles. The van der Waals surface area contributed by atoms with E-state index in [4.69, 9.17) is 14.2 Å². The molecular weight excluding hydrogens is 300 g/mol. The number of ether oxygens (including phenoxy) is 3. The van der Waals surface area contributed by atoms with Crippen molar-refractivity contribution in [2.75, 3.05) is 19.8 Å². The fourth-order valence-corrected chi connectivity index (χ4v) is 3.19. The molecule has 0 saturated heterocycles. The SMILES string of the molecule is c1ccc(OCCOC2(COc3ccccc3)CCCCC2)cc1. The van der Waals surface area contributed by atoms with Gasteiger partial charge in [-0.2, -0.15) is 0 Å². The molecule has 0 atom stereocenters. The molecule has 1 fully saturated rings. The van der Waals surface area contributed by atoms with Crippen LogP contribution >= 0.6 is 0 Å². The fraction of sp³-hybridized carbons (Fsp3) is 0.429. The number of rotatable bonds is 8. The van der Waals surface area contributed by atoms with Crippen LogP contribution < -0.4 is 9.47 Å². The molecule has 0 amide bonds. The minimum atomic E-state index is -0.172. The molecule has 1 aliphatic carbocycles. The van der Waals surface area contributed by atoms with E-state index in [1.807, 2.05) is 60.7 Å². The molecule has 2 aromatic rings. The van der Waals surface area contributed by atoms with Crippen LogP contribution in [0.2, 0.25) is 0 Å². The average Bonchev–Trinajstić information content (AvgIpc) is 2.66. The van der Waals surface area contributed by atoms with Crippen LogP contribution in [0.15, 0.2) is 60.7 Å². The number of hydrogen-bond donors (Lipinski definition) is 0. The Bertz CT molecular complexity index is 577. The van der Waals surface area contributed by atoms with Crippen LogP contribution in [0, 0.1) is 0 Å². The van der Waals surface area contributed by atoms with Gasteiger partial charge >= 0.3 is 0 Å². The van der Waals surface area contributed by atoms with Crippen molar-refractivity contribution >= 4 is 0 Å². The van der Waals surface area contributed by atoms with Gasteiger partial charge in [-0.25, -0.2) is 0 Å². The highest BCUT2D eigenvalue weighted by atomic mass is 16.6. The molecule has 0 radical (unpaired) electrons. The molecule has 0 aromatic heterocycles. The van der Waals surface area contributed by atoms with Crippen LogP contribution in [0.25, 0.3) is 0 Å². The summed E-state index contributed by atoms with van der Waals surface area (Å²) in [5.74, 6) is 1.80. The first-order chi connectivity index (χ1) is 11.9. The highest BCUT2D eigenvalue weighted by molar-refractivity contribution is 5.21. The Hall–Kier alpha value is -2.00. The average molecular weight is 326 g/mol. The van der Waals surface area contributed by atoms with Gasteiger partial charge in [-0.3, -0.25) is 0 Å². The van der Waals surface area contributed by atoms with Gasteiger partial charge in [0, 0.05) is 0 Å². The van der Waals surface area contributed by atoms with E-state index in [2.05, 4.69) is 0 Å². The second-order valence-electron chi connectivity index (χ2n) is 6.36. The fourth-order valence-electron chi connectivity index (χ4n) is 3.19.